The molecule has 0 bridgehead atoms. The van der Waals surface area contributed by atoms with Crippen molar-refractivity contribution in [2.75, 3.05) is 30.9 Å². The Hall–Kier alpha value is -1.46. The lowest BCUT2D eigenvalue weighted by atomic mass is 10.0. The number of carbonyl (C=O) groups excluding carboxylic acids is 1. The molecule has 1 aromatic rings. The van der Waals surface area contributed by atoms with E-state index in [9.17, 15) is 4.79 Å². The summed E-state index contributed by atoms with van der Waals surface area (Å²) in [6.07, 6.45) is 0.533. The summed E-state index contributed by atoms with van der Waals surface area (Å²) in [5.41, 5.74) is 1.53. The van der Waals surface area contributed by atoms with Crippen molar-refractivity contribution in [1.29, 1.82) is 0 Å². The molecule has 1 rings (SSSR count). The second kappa shape index (κ2) is 8.10. The molecule has 0 aromatic heterocycles. The lowest BCUT2D eigenvalue weighted by Gasteiger charge is -2.22. The maximum Gasteiger partial charge on any atom is 0.319 e. The third-order valence-electron chi connectivity index (χ3n) is 3.25. The van der Waals surface area contributed by atoms with Crippen molar-refractivity contribution in [1.82, 2.24) is 5.32 Å². The van der Waals surface area contributed by atoms with E-state index >= 15 is 0 Å². The largest absolute Gasteiger partial charge is 0.396 e. The molecule has 1 atom stereocenters. The molecule has 0 heterocycles. The van der Waals surface area contributed by atoms with Crippen molar-refractivity contribution in [3.8, 4) is 0 Å². The van der Waals surface area contributed by atoms with Crippen LogP contribution < -0.4 is 15.5 Å². The number of aliphatic hydroxyl groups excluding tert-OH is 1. The van der Waals surface area contributed by atoms with Crippen LogP contribution >= 0.6 is 11.6 Å². The maximum atomic E-state index is 12.0. The number of benzene rings is 1. The summed E-state index contributed by atoms with van der Waals surface area (Å²) in [6.45, 7) is 4.05. The fraction of sp³-hybridized carbons (Fsp3) is 0.533. The molecule has 118 valence electrons. The van der Waals surface area contributed by atoms with Crippen LogP contribution in [0.4, 0.5) is 16.2 Å². The quantitative estimate of drug-likeness (QED) is 0.756. The van der Waals surface area contributed by atoms with Crippen molar-refractivity contribution >= 4 is 29.0 Å². The van der Waals surface area contributed by atoms with E-state index in [2.05, 4.69) is 10.6 Å². The fourth-order valence-electron chi connectivity index (χ4n) is 1.99. The van der Waals surface area contributed by atoms with Gasteiger partial charge in [0.25, 0.3) is 0 Å². The van der Waals surface area contributed by atoms with E-state index in [0.717, 1.165) is 5.69 Å². The Kier molecular flexibility index (Phi) is 6.78. The number of halogens is 1. The van der Waals surface area contributed by atoms with Gasteiger partial charge in [-0.2, -0.15) is 0 Å². The van der Waals surface area contributed by atoms with E-state index in [4.69, 9.17) is 16.7 Å². The zero-order valence-corrected chi connectivity index (χ0v) is 13.7. The molecular formula is C15H24ClN3O2. The Morgan fingerprint density at radius 3 is 2.52 bits per heavy atom. The zero-order valence-electron chi connectivity index (χ0n) is 13.0. The number of carbonyl (C=O) groups is 1. The molecule has 1 unspecified atom stereocenters. The van der Waals surface area contributed by atoms with Crippen molar-refractivity contribution in [2.24, 2.45) is 5.92 Å². The second-order valence-electron chi connectivity index (χ2n) is 5.52. The van der Waals surface area contributed by atoms with E-state index in [0.29, 0.717) is 17.1 Å². The van der Waals surface area contributed by atoms with Gasteiger partial charge in [0.15, 0.2) is 0 Å². The molecule has 0 aliphatic carbocycles. The fourth-order valence-corrected chi connectivity index (χ4v) is 2.34. The van der Waals surface area contributed by atoms with Crippen LogP contribution in [-0.2, 0) is 0 Å². The normalized spacial score (nSPS) is 12.1. The highest BCUT2D eigenvalue weighted by molar-refractivity contribution is 6.33. The SMILES string of the molecule is CC(C)C(CCO)NC(=O)Nc1ccc(N(C)C)c(Cl)c1. The van der Waals surface area contributed by atoms with Crippen molar-refractivity contribution in [3.63, 3.8) is 0 Å². The standard InChI is InChI=1S/C15H24ClN3O2/c1-10(2)13(7-8-20)18-15(21)17-11-5-6-14(19(3)4)12(16)9-11/h5-6,9-10,13,20H,7-8H2,1-4H3,(H2,17,18,21). The van der Waals surface area contributed by atoms with Gasteiger partial charge in [-0.05, 0) is 30.5 Å². The van der Waals surface area contributed by atoms with Crippen LogP contribution in [0.15, 0.2) is 18.2 Å². The van der Waals surface area contributed by atoms with Crippen molar-refractivity contribution in [2.45, 2.75) is 26.3 Å². The van der Waals surface area contributed by atoms with Crippen molar-refractivity contribution < 1.29 is 9.90 Å². The average molecular weight is 314 g/mol. The number of amides is 2. The highest BCUT2D eigenvalue weighted by Gasteiger charge is 2.15. The summed E-state index contributed by atoms with van der Waals surface area (Å²) >= 11 is 6.17. The Bertz CT molecular complexity index is 478. The van der Waals surface area contributed by atoms with Gasteiger partial charge in [-0.3, -0.25) is 0 Å². The molecule has 0 saturated carbocycles. The van der Waals surface area contributed by atoms with Crippen LogP contribution in [0.1, 0.15) is 20.3 Å². The van der Waals surface area contributed by atoms with Gasteiger partial charge in [0, 0.05) is 32.4 Å². The Morgan fingerprint density at radius 2 is 2.05 bits per heavy atom. The molecule has 0 radical (unpaired) electrons. The summed E-state index contributed by atoms with van der Waals surface area (Å²) in [5.74, 6) is 0.252. The topological polar surface area (TPSA) is 64.6 Å². The number of aliphatic hydroxyl groups is 1. The van der Waals surface area contributed by atoms with Gasteiger partial charge in [0.05, 0.1) is 10.7 Å². The third kappa shape index (κ3) is 5.44. The molecule has 0 aliphatic heterocycles. The van der Waals surface area contributed by atoms with E-state index in [1.165, 1.54) is 0 Å². The van der Waals surface area contributed by atoms with Gasteiger partial charge < -0.3 is 20.6 Å². The summed E-state index contributed by atoms with van der Waals surface area (Å²) < 4.78 is 0. The van der Waals surface area contributed by atoms with Crippen LogP contribution in [0.3, 0.4) is 0 Å². The van der Waals surface area contributed by atoms with Crippen LogP contribution in [-0.4, -0.2) is 37.9 Å². The van der Waals surface area contributed by atoms with E-state index in [1.54, 1.807) is 12.1 Å². The monoisotopic (exact) mass is 313 g/mol. The van der Waals surface area contributed by atoms with E-state index in [-0.39, 0.29) is 24.6 Å². The molecule has 0 saturated heterocycles. The lowest BCUT2D eigenvalue weighted by molar-refractivity contribution is 0.227. The van der Waals surface area contributed by atoms with Crippen LogP contribution in [0, 0.1) is 5.92 Å². The lowest BCUT2D eigenvalue weighted by Crippen LogP contribution is -2.41. The predicted molar refractivity (Wildman–Crippen MR) is 88.3 cm³/mol. The smallest absolute Gasteiger partial charge is 0.319 e. The minimum Gasteiger partial charge on any atom is -0.396 e. The van der Waals surface area contributed by atoms with Gasteiger partial charge in [0.2, 0.25) is 0 Å². The number of nitrogens with zero attached hydrogens (tertiary/aromatic N) is 1. The van der Waals surface area contributed by atoms with Crippen molar-refractivity contribution in [3.05, 3.63) is 23.2 Å². The number of nitrogens with one attached hydrogen (secondary N) is 2. The number of hydrogen-bond donors (Lipinski definition) is 3. The molecule has 5 nitrogen and oxygen atoms in total. The molecule has 3 N–H and O–H groups in total. The van der Waals surface area contributed by atoms with Crippen LogP contribution in [0.2, 0.25) is 5.02 Å². The summed E-state index contributed by atoms with van der Waals surface area (Å²) in [7, 11) is 3.81. The number of hydrogen-bond acceptors (Lipinski definition) is 3. The molecular weight excluding hydrogens is 290 g/mol. The predicted octanol–water partition coefficient (Wildman–Crippen LogP) is 2.93. The van der Waals surface area contributed by atoms with E-state index < -0.39 is 0 Å². The first-order chi connectivity index (χ1) is 9.85. The third-order valence-corrected chi connectivity index (χ3v) is 3.55. The Morgan fingerprint density at radius 1 is 1.38 bits per heavy atom. The molecule has 0 fully saturated rings. The number of anilines is 2. The van der Waals surface area contributed by atoms with Gasteiger partial charge in [0.1, 0.15) is 0 Å². The minimum atomic E-state index is -0.296. The molecule has 0 aliphatic rings. The summed E-state index contributed by atoms with van der Waals surface area (Å²) in [4.78, 5) is 13.9. The first-order valence-electron chi connectivity index (χ1n) is 7.00. The molecule has 0 spiro atoms. The molecule has 1 aromatic carbocycles. The highest BCUT2D eigenvalue weighted by Crippen LogP contribution is 2.27. The minimum absolute atomic E-state index is 0.0481. The number of rotatable bonds is 6. The Balaban J connectivity index is 2.68. The number of urea groups is 1. The summed E-state index contributed by atoms with van der Waals surface area (Å²) in [6, 6.07) is 5.01. The zero-order chi connectivity index (χ0) is 16.0. The van der Waals surface area contributed by atoms with Gasteiger partial charge >= 0.3 is 6.03 Å². The first-order valence-corrected chi connectivity index (χ1v) is 7.38. The Labute approximate surface area is 131 Å². The maximum absolute atomic E-state index is 12.0. The van der Waals surface area contributed by atoms with Crippen LogP contribution in [0.25, 0.3) is 0 Å². The second-order valence-corrected chi connectivity index (χ2v) is 5.93. The van der Waals surface area contributed by atoms with Crippen LogP contribution in [0.5, 0.6) is 0 Å². The first kappa shape index (κ1) is 17.6. The van der Waals surface area contributed by atoms with Gasteiger partial charge in [-0.1, -0.05) is 25.4 Å². The molecule has 21 heavy (non-hydrogen) atoms. The van der Waals surface area contributed by atoms with Gasteiger partial charge in [-0.15, -0.1) is 0 Å². The molecule has 6 heteroatoms. The highest BCUT2D eigenvalue weighted by atomic mass is 35.5. The van der Waals surface area contributed by atoms with Gasteiger partial charge in [-0.25, -0.2) is 4.79 Å². The molecule has 2 amide bonds. The van der Waals surface area contributed by atoms with E-state index in [1.807, 2.05) is 38.9 Å². The average Bonchev–Trinajstić information content (AvgIpc) is 2.37. The summed E-state index contributed by atoms with van der Waals surface area (Å²) in [5, 5.41) is 15.2.